The van der Waals surface area contributed by atoms with Crippen molar-refractivity contribution >= 4 is 21.6 Å². The van der Waals surface area contributed by atoms with Crippen LogP contribution in [0.4, 0.5) is 0 Å². The summed E-state index contributed by atoms with van der Waals surface area (Å²) in [6, 6.07) is 6.16. The highest BCUT2D eigenvalue weighted by Gasteiger charge is 2.29. The van der Waals surface area contributed by atoms with Crippen LogP contribution >= 0.6 is 11.6 Å². The third kappa shape index (κ3) is 4.19. The van der Waals surface area contributed by atoms with Crippen LogP contribution in [0.1, 0.15) is 45.6 Å². The predicted octanol–water partition coefficient (Wildman–Crippen LogP) is 3.80. The van der Waals surface area contributed by atoms with Gasteiger partial charge in [0.05, 0.1) is 16.7 Å². The van der Waals surface area contributed by atoms with E-state index in [1.165, 1.54) is 22.5 Å². The third-order valence-electron chi connectivity index (χ3n) is 3.46. The van der Waals surface area contributed by atoms with Gasteiger partial charge in [-0.15, -0.1) is 0 Å². The van der Waals surface area contributed by atoms with Crippen molar-refractivity contribution in [1.29, 1.82) is 5.26 Å². The summed E-state index contributed by atoms with van der Waals surface area (Å²) in [6.45, 7) is 6.31. The largest absolute Gasteiger partial charge is 0.244 e. The molecule has 0 aliphatic rings. The molecule has 0 N–H and O–H groups in total. The maximum absolute atomic E-state index is 12.9. The van der Waals surface area contributed by atoms with E-state index in [4.69, 9.17) is 16.9 Å². The molecule has 21 heavy (non-hydrogen) atoms. The lowest BCUT2D eigenvalue weighted by Gasteiger charge is -2.28. The molecule has 1 unspecified atom stereocenters. The first-order valence-electron chi connectivity index (χ1n) is 7.09. The number of nitriles is 1. The van der Waals surface area contributed by atoms with E-state index in [0.717, 1.165) is 19.3 Å². The van der Waals surface area contributed by atoms with Gasteiger partial charge in [-0.2, -0.15) is 9.57 Å². The van der Waals surface area contributed by atoms with Gasteiger partial charge < -0.3 is 0 Å². The summed E-state index contributed by atoms with van der Waals surface area (Å²) >= 11 is 6.05. The predicted molar refractivity (Wildman–Crippen MR) is 84.7 cm³/mol. The summed E-state index contributed by atoms with van der Waals surface area (Å²) in [4.78, 5) is 0.0135. The second kappa shape index (κ2) is 7.79. The first kappa shape index (κ1) is 18.0. The van der Waals surface area contributed by atoms with Gasteiger partial charge in [-0.05, 0) is 38.0 Å². The quantitative estimate of drug-likeness (QED) is 0.764. The lowest BCUT2D eigenvalue weighted by molar-refractivity contribution is 0.324. The molecule has 0 fully saturated rings. The van der Waals surface area contributed by atoms with Gasteiger partial charge in [0.2, 0.25) is 10.0 Å². The number of nitrogens with zero attached hydrogens (tertiary/aromatic N) is 2. The molecule has 0 saturated heterocycles. The monoisotopic (exact) mass is 328 g/mol. The Morgan fingerprint density at radius 2 is 2.05 bits per heavy atom. The summed E-state index contributed by atoms with van der Waals surface area (Å²) in [5.41, 5.74) is 0.289. The fourth-order valence-electron chi connectivity index (χ4n) is 1.99. The van der Waals surface area contributed by atoms with Crippen LogP contribution in [-0.2, 0) is 10.0 Å². The molecule has 6 heteroatoms. The van der Waals surface area contributed by atoms with Crippen LogP contribution in [0.15, 0.2) is 23.1 Å². The maximum atomic E-state index is 12.9. The second-order valence-electron chi connectivity index (χ2n) is 4.98. The molecule has 0 aromatic heterocycles. The van der Waals surface area contributed by atoms with Gasteiger partial charge in [0, 0.05) is 12.6 Å². The van der Waals surface area contributed by atoms with Gasteiger partial charge in [0.1, 0.15) is 4.90 Å². The first-order valence-corrected chi connectivity index (χ1v) is 8.91. The van der Waals surface area contributed by atoms with Crippen molar-refractivity contribution in [2.24, 2.45) is 0 Å². The molecule has 0 saturated carbocycles. The molecule has 0 amide bonds. The fraction of sp³-hybridized carbons (Fsp3) is 0.533. The van der Waals surface area contributed by atoms with Gasteiger partial charge in [-0.1, -0.05) is 31.9 Å². The normalized spacial score (nSPS) is 13.1. The molecule has 116 valence electrons. The molecule has 0 aliphatic carbocycles. The molecular weight excluding hydrogens is 308 g/mol. The number of hydrogen-bond acceptors (Lipinski definition) is 3. The Balaban J connectivity index is 3.31. The zero-order valence-corrected chi connectivity index (χ0v) is 14.2. The van der Waals surface area contributed by atoms with Gasteiger partial charge >= 0.3 is 0 Å². The standard InChI is InChI=1S/C15H21ClN2O2S/c1-4-6-9-18(12(3)5-2)21(19,20)15-10-13(11-17)7-8-14(15)16/h7-8,10,12H,4-6,9H2,1-3H3. The van der Waals surface area contributed by atoms with Crippen molar-refractivity contribution < 1.29 is 8.42 Å². The lowest BCUT2D eigenvalue weighted by Crippen LogP contribution is -2.39. The number of rotatable bonds is 7. The molecule has 0 bridgehead atoms. The molecule has 0 spiro atoms. The van der Waals surface area contributed by atoms with Gasteiger partial charge in [0.25, 0.3) is 0 Å². The molecule has 4 nitrogen and oxygen atoms in total. The van der Waals surface area contributed by atoms with Crippen LogP contribution in [0.5, 0.6) is 0 Å². The van der Waals surface area contributed by atoms with E-state index in [1.807, 2.05) is 26.8 Å². The molecular formula is C15H21ClN2O2S. The highest BCUT2D eigenvalue weighted by Crippen LogP contribution is 2.27. The summed E-state index contributed by atoms with van der Waals surface area (Å²) in [6.07, 6.45) is 2.42. The van der Waals surface area contributed by atoms with Crippen molar-refractivity contribution in [2.75, 3.05) is 6.54 Å². The minimum Gasteiger partial charge on any atom is -0.207 e. The van der Waals surface area contributed by atoms with Crippen molar-refractivity contribution in [3.8, 4) is 6.07 Å². The van der Waals surface area contributed by atoms with Gasteiger partial charge in [-0.3, -0.25) is 0 Å². The Hall–Kier alpha value is -1.09. The second-order valence-corrected chi connectivity index (χ2v) is 7.25. The zero-order valence-electron chi connectivity index (χ0n) is 12.6. The van der Waals surface area contributed by atoms with E-state index < -0.39 is 10.0 Å². The van der Waals surface area contributed by atoms with Gasteiger partial charge in [0.15, 0.2) is 0 Å². The number of sulfonamides is 1. The number of benzene rings is 1. The maximum Gasteiger partial charge on any atom is 0.244 e. The first-order chi connectivity index (χ1) is 9.88. The van der Waals surface area contributed by atoms with Crippen molar-refractivity contribution in [1.82, 2.24) is 4.31 Å². The minimum atomic E-state index is -3.70. The van der Waals surface area contributed by atoms with E-state index >= 15 is 0 Å². The Bertz CT molecular complexity index is 623. The zero-order chi connectivity index (χ0) is 16.0. The van der Waals surface area contributed by atoms with Crippen LogP contribution < -0.4 is 0 Å². The summed E-state index contributed by atoms with van der Waals surface area (Å²) in [5.74, 6) is 0. The average Bonchev–Trinajstić information content (AvgIpc) is 2.47. The molecule has 0 radical (unpaired) electrons. The minimum absolute atomic E-state index is 0.0135. The van der Waals surface area contributed by atoms with Crippen molar-refractivity contribution in [3.05, 3.63) is 28.8 Å². The molecule has 0 aliphatic heterocycles. The van der Waals surface area contributed by atoms with Crippen molar-refractivity contribution in [2.45, 2.75) is 51.0 Å². The van der Waals surface area contributed by atoms with Crippen LogP contribution in [0.25, 0.3) is 0 Å². The Labute approximate surface area is 132 Å². The molecule has 0 heterocycles. The number of halogens is 1. The van der Waals surface area contributed by atoms with E-state index in [9.17, 15) is 8.42 Å². The topological polar surface area (TPSA) is 61.2 Å². The average molecular weight is 329 g/mol. The Kier molecular flexibility index (Phi) is 6.66. The van der Waals surface area contributed by atoms with Crippen LogP contribution in [0.3, 0.4) is 0 Å². The van der Waals surface area contributed by atoms with E-state index in [1.54, 1.807) is 0 Å². The third-order valence-corrected chi connectivity index (χ3v) is 5.96. The molecule has 1 aromatic rings. The highest BCUT2D eigenvalue weighted by atomic mass is 35.5. The summed E-state index contributed by atoms with van der Waals surface area (Å²) < 4.78 is 27.2. The number of unbranched alkanes of at least 4 members (excludes halogenated alkanes) is 1. The summed E-state index contributed by atoms with van der Waals surface area (Å²) in [5, 5.41) is 9.10. The number of hydrogen-bond donors (Lipinski definition) is 0. The molecule has 1 rings (SSSR count). The fourth-order valence-corrected chi connectivity index (χ4v) is 4.24. The Morgan fingerprint density at radius 3 is 2.57 bits per heavy atom. The smallest absolute Gasteiger partial charge is 0.207 e. The van der Waals surface area contributed by atoms with Crippen molar-refractivity contribution in [3.63, 3.8) is 0 Å². The highest BCUT2D eigenvalue weighted by molar-refractivity contribution is 7.89. The SMILES string of the molecule is CCCCN(C(C)CC)S(=O)(=O)c1cc(C#N)ccc1Cl. The van der Waals surface area contributed by atoms with Crippen LogP contribution in [0, 0.1) is 11.3 Å². The molecule has 1 aromatic carbocycles. The van der Waals surface area contributed by atoms with E-state index in [-0.39, 0.29) is 21.5 Å². The van der Waals surface area contributed by atoms with E-state index in [0.29, 0.717) is 6.54 Å². The summed E-state index contributed by atoms with van der Waals surface area (Å²) in [7, 11) is -3.70. The van der Waals surface area contributed by atoms with Gasteiger partial charge in [-0.25, -0.2) is 8.42 Å². The Morgan fingerprint density at radius 1 is 1.38 bits per heavy atom. The van der Waals surface area contributed by atoms with Crippen LogP contribution in [0.2, 0.25) is 5.02 Å². The van der Waals surface area contributed by atoms with E-state index in [2.05, 4.69) is 0 Å². The molecule has 1 atom stereocenters. The van der Waals surface area contributed by atoms with Crippen LogP contribution in [-0.4, -0.2) is 25.3 Å². The lowest BCUT2D eigenvalue weighted by atomic mass is 10.2.